The average molecular weight is 793 g/mol. The second kappa shape index (κ2) is 16.8. The lowest BCUT2D eigenvalue weighted by molar-refractivity contribution is -0.181. The zero-order valence-electron chi connectivity index (χ0n) is 34.4. The molecule has 2 unspecified atom stereocenters. The van der Waals surface area contributed by atoms with Gasteiger partial charge in [-0.2, -0.15) is 0 Å². The minimum Gasteiger partial charge on any atom is -0.462 e. The maximum atomic E-state index is 14.6. The Morgan fingerprint density at radius 3 is 1.35 bits per heavy atom. The van der Waals surface area contributed by atoms with Crippen LogP contribution in [0.4, 0.5) is 0 Å². The van der Waals surface area contributed by atoms with Crippen molar-refractivity contribution in [3.63, 3.8) is 0 Å². The minimum absolute atomic E-state index is 0.0671. The molecule has 14 heteroatoms. The molecule has 54 heavy (non-hydrogen) atoms. The first-order valence-electron chi connectivity index (χ1n) is 18.4. The van der Waals surface area contributed by atoms with E-state index < -0.39 is 38.0 Å². The van der Waals surface area contributed by atoms with E-state index in [0.717, 1.165) is 33.8 Å². The van der Waals surface area contributed by atoms with E-state index in [-0.39, 0.29) is 24.1 Å². The topological polar surface area (TPSA) is 114 Å². The van der Waals surface area contributed by atoms with Crippen molar-refractivity contribution in [2.75, 3.05) is 25.7 Å². The molecule has 2 atom stereocenters. The van der Waals surface area contributed by atoms with Crippen LogP contribution in [0.15, 0.2) is 61.1 Å². The van der Waals surface area contributed by atoms with Crippen molar-refractivity contribution in [2.45, 2.75) is 132 Å². The van der Waals surface area contributed by atoms with Crippen LogP contribution in [0.3, 0.4) is 0 Å². The molecule has 0 fully saturated rings. The first-order valence-corrected chi connectivity index (χ1v) is 21.8. The molecule has 2 heterocycles. The van der Waals surface area contributed by atoms with Gasteiger partial charge in [0, 0.05) is 76.1 Å². The SMILES string of the molecule is C=C(C)OP(=O)(CN(CCN(Cc1cccc2c1OC(C)(C)OC2)CP(=O)(OC(=C)C)OC(C)(C)C)Cc1cccc2c1OC(C)(C)OC2)OC(C)(C)C. The van der Waals surface area contributed by atoms with Crippen LogP contribution in [-0.4, -0.2) is 58.2 Å². The van der Waals surface area contributed by atoms with Crippen molar-refractivity contribution in [2.24, 2.45) is 0 Å². The van der Waals surface area contributed by atoms with E-state index in [2.05, 4.69) is 13.2 Å². The molecule has 2 aromatic carbocycles. The van der Waals surface area contributed by atoms with E-state index in [9.17, 15) is 9.13 Å². The number of hydrogen-bond donors (Lipinski definition) is 0. The van der Waals surface area contributed by atoms with E-state index in [4.69, 9.17) is 37.0 Å². The van der Waals surface area contributed by atoms with Crippen LogP contribution in [-0.2, 0) is 63.0 Å². The summed E-state index contributed by atoms with van der Waals surface area (Å²) in [5.41, 5.74) is 2.04. The lowest BCUT2D eigenvalue weighted by atomic mass is 10.1. The molecular weight excluding hydrogens is 730 g/mol. The molecule has 0 N–H and O–H groups in total. The number of rotatable bonds is 17. The van der Waals surface area contributed by atoms with Crippen molar-refractivity contribution in [1.82, 2.24) is 9.80 Å². The van der Waals surface area contributed by atoms with Crippen molar-refractivity contribution in [3.8, 4) is 11.5 Å². The van der Waals surface area contributed by atoms with Crippen LogP contribution in [0.2, 0.25) is 0 Å². The summed E-state index contributed by atoms with van der Waals surface area (Å²) in [6, 6.07) is 11.8. The average Bonchev–Trinajstić information content (AvgIpc) is 2.96. The van der Waals surface area contributed by atoms with E-state index >= 15 is 0 Å². The molecule has 0 aliphatic carbocycles. The Morgan fingerprint density at radius 2 is 1.04 bits per heavy atom. The van der Waals surface area contributed by atoms with E-state index in [0.29, 0.717) is 39.4 Å². The largest absolute Gasteiger partial charge is 0.462 e. The van der Waals surface area contributed by atoms with Crippen LogP contribution in [0.5, 0.6) is 11.5 Å². The Balaban J connectivity index is 1.76. The summed E-state index contributed by atoms with van der Waals surface area (Å²) in [4.78, 5) is 4.01. The standard InChI is InChI=1S/C40H62N2O10P2/c1-29(2)49-53(43,51-37(5,6)7)27-41(23-31-17-15-19-33-25-45-39(11,12)47-35(31)33)21-22-42(28-54(44,50-30(3)4)52-38(8,9)10)24-32-18-16-20-34-26-46-40(13,14)48-36(32)34/h15-20H,1,3,21-28H2,2,4-14H3. The summed E-state index contributed by atoms with van der Waals surface area (Å²) in [7, 11) is -7.59. The summed E-state index contributed by atoms with van der Waals surface area (Å²) in [5.74, 6) is 0.347. The highest BCUT2D eigenvalue weighted by Crippen LogP contribution is 2.55. The molecule has 0 spiro atoms. The molecule has 2 aliphatic rings. The van der Waals surface area contributed by atoms with E-state index in [1.54, 1.807) is 13.8 Å². The lowest BCUT2D eigenvalue weighted by Crippen LogP contribution is -2.39. The van der Waals surface area contributed by atoms with Crippen LogP contribution in [0, 0.1) is 0 Å². The first kappa shape index (κ1) is 44.1. The van der Waals surface area contributed by atoms with Gasteiger partial charge in [0.05, 0.1) is 35.9 Å². The maximum Gasteiger partial charge on any atom is 0.393 e. The molecule has 0 saturated carbocycles. The fourth-order valence-corrected chi connectivity index (χ4v) is 10.6. The normalized spacial score (nSPS) is 18.7. The van der Waals surface area contributed by atoms with Gasteiger partial charge in [-0.3, -0.25) is 18.8 Å². The van der Waals surface area contributed by atoms with Crippen LogP contribution in [0.1, 0.15) is 105 Å². The summed E-state index contributed by atoms with van der Waals surface area (Å²) in [6.07, 6.45) is -0.134. The third kappa shape index (κ3) is 13.5. The van der Waals surface area contributed by atoms with Crippen molar-refractivity contribution in [1.29, 1.82) is 0 Å². The van der Waals surface area contributed by atoms with Gasteiger partial charge in [0.2, 0.25) is 11.6 Å². The Kier molecular flexibility index (Phi) is 13.7. The summed E-state index contributed by atoms with van der Waals surface area (Å²) >= 11 is 0. The van der Waals surface area contributed by atoms with Gasteiger partial charge >= 0.3 is 15.2 Å². The molecule has 0 amide bonds. The fraction of sp³-hybridized carbons (Fsp3) is 0.600. The van der Waals surface area contributed by atoms with Crippen molar-refractivity contribution >= 4 is 15.2 Å². The number of hydrogen-bond acceptors (Lipinski definition) is 12. The van der Waals surface area contributed by atoms with Gasteiger partial charge < -0.3 is 28.0 Å². The van der Waals surface area contributed by atoms with Gasteiger partial charge in [0.15, 0.2) is 0 Å². The van der Waals surface area contributed by atoms with Gasteiger partial charge in [-0.25, -0.2) is 9.13 Å². The smallest absolute Gasteiger partial charge is 0.393 e. The number of para-hydroxylation sites is 2. The van der Waals surface area contributed by atoms with Gasteiger partial charge in [0.1, 0.15) is 24.1 Å². The molecule has 4 rings (SSSR count). The summed E-state index contributed by atoms with van der Waals surface area (Å²) < 4.78 is 77.8. The van der Waals surface area contributed by atoms with Crippen molar-refractivity contribution < 1.29 is 46.2 Å². The van der Waals surface area contributed by atoms with Gasteiger partial charge in [-0.15, -0.1) is 0 Å². The van der Waals surface area contributed by atoms with E-state index in [1.165, 1.54) is 0 Å². The van der Waals surface area contributed by atoms with Gasteiger partial charge in [-0.1, -0.05) is 49.6 Å². The zero-order valence-corrected chi connectivity index (χ0v) is 36.2. The van der Waals surface area contributed by atoms with E-state index in [1.807, 2.05) is 115 Å². The van der Waals surface area contributed by atoms with Crippen LogP contribution < -0.4 is 9.47 Å². The molecule has 2 aromatic rings. The second-order valence-corrected chi connectivity index (χ2v) is 20.7. The number of ether oxygens (including phenoxy) is 4. The Bertz CT molecular complexity index is 1630. The Hall–Kier alpha value is -2.66. The minimum atomic E-state index is -3.80. The quantitative estimate of drug-likeness (QED) is 0.112. The second-order valence-electron chi connectivity index (χ2n) is 17.0. The predicted octanol–water partition coefficient (Wildman–Crippen LogP) is 10.3. The summed E-state index contributed by atoms with van der Waals surface area (Å²) in [5, 5.41) is 0. The molecule has 0 saturated heterocycles. The third-order valence-electron chi connectivity index (χ3n) is 7.88. The lowest BCUT2D eigenvalue weighted by Gasteiger charge is -2.37. The zero-order chi connectivity index (χ0) is 40.3. The molecular formula is C40H62N2O10P2. The van der Waals surface area contributed by atoms with Crippen molar-refractivity contribution in [3.05, 3.63) is 83.3 Å². The molecule has 2 aliphatic heterocycles. The highest BCUT2D eigenvalue weighted by Gasteiger charge is 2.38. The van der Waals surface area contributed by atoms with Crippen LogP contribution in [0.25, 0.3) is 0 Å². The van der Waals surface area contributed by atoms with Crippen LogP contribution >= 0.6 is 15.2 Å². The molecule has 12 nitrogen and oxygen atoms in total. The monoisotopic (exact) mass is 792 g/mol. The third-order valence-corrected chi connectivity index (χ3v) is 12.2. The number of fused-ring (bicyclic) bond motifs is 2. The highest BCUT2D eigenvalue weighted by molar-refractivity contribution is 7.54. The Labute approximate surface area is 323 Å². The number of benzene rings is 2. The number of allylic oxidation sites excluding steroid dienone is 2. The highest BCUT2D eigenvalue weighted by atomic mass is 31.2. The molecule has 0 radical (unpaired) electrons. The van der Waals surface area contributed by atoms with Gasteiger partial charge in [-0.05, 0) is 55.4 Å². The Morgan fingerprint density at radius 1 is 0.685 bits per heavy atom. The summed E-state index contributed by atoms with van der Waals surface area (Å²) in [6.45, 7) is 31.7. The predicted molar refractivity (Wildman–Crippen MR) is 211 cm³/mol. The maximum absolute atomic E-state index is 14.6. The fourth-order valence-electron chi connectivity index (χ4n) is 6.18. The molecule has 0 aromatic heterocycles. The first-order chi connectivity index (χ1) is 24.7. The molecule has 0 bridgehead atoms. The van der Waals surface area contributed by atoms with Gasteiger partial charge in [0.25, 0.3) is 0 Å². The number of nitrogens with zero attached hydrogens (tertiary/aromatic N) is 2. The molecule has 302 valence electrons.